The highest BCUT2D eigenvalue weighted by atomic mass is 32.2. The van der Waals surface area contributed by atoms with Crippen molar-refractivity contribution < 1.29 is 26.0 Å². The number of amides is 1. The molecule has 8 nitrogen and oxygen atoms in total. The van der Waals surface area contributed by atoms with Crippen LogP contribution in [0.1, 0.15) is 15.9 Å². The van der Waals surface area contributed by atoms with Crippen molar-refractivity contribution in [3.8, 4) is 0 Å². The summed E-state index contributed by atoms with van der Waals surface area (Å²) < 4.78 is 65.4. The molecule has 0 aromatic heterocycles. The lowest BCUT2D eigenvalue weighted by molar-refractivity contribution is 0.0946. The van der Waals surface area contributed by atoms with Gasteiger partial charge in [-0.3, -0.25) is 4.79 Å². The molecule has 0 spiro atoms. The molecule has 0 aliphatic carbocycles. The first-order valence-corrected chi connectivity index (χ1v) is 10.6. The van der Waals surface area contributed by atoms with Crippen LogP contribution in [0.15, 0.2) is 52.3 Å². The van der Waals surface area contributed by atoms with Gasteiger partial charge in [-0.25, -0.2) is 30.7 Å². The minimum Gasteiger partial charge on any atom is -0.348 e. The van der Waals surface area contributed by atoms with Crippen LogP contribution < -0.4 is 14.8 Å². The molecule has 0 aliphatic rings. The summed E-state index contributed by atoms with van der Waals surface area (Å²) in [6.45, 7) is -0.0750. The lowest BCUT2D eigenvalue weighted by Crippen LogP contribution is -2.25. The lowest BCUT2D eigenvalue weighted by atomic mass is 10.2. The summed E-state index contributed by atoms with van der Waals surface area (Å²) in [7, 11) is -5.00. The molecule has 2 rings (SSSR count). The van der Waals surface area contributed by atoms with Gasteiger partial charge in [-0.1, -0.05) is 12.1 Å². The summed E-state index contributed by atoms with van der Waals surface area (Å²) in [6, 6.07) is 8.72. The van der Waals surface area contributed by atoms with E-state index in [1.165, 1.54) is 32.3 Å². The summed E-state index contributed by atoms with van der Waals surface area (Å²) in [5, 5.41) is 2.44. The zero-order valence-electron chi connectivity index (χ0n) is 14.5. The Kier molecular flexibility index (Phi) is 6.31. The first-order valence-electron chi connectivity index (χ1n) is 7.64. The molecule has 0 aliphatic heterocycles. The van der Waals surface area contributed by atoms with Crippen LogP contribution in [0.25, 0.3) is 0 Å². The van der Waals surface area contributed by atoms with Gasteiger partial charge >= 0.3 is 0 Å². The summed E-state index contributed by atoms with van der Waals surface area (Å²) in [5.41, 5.74) is 0.0319. The summed E-state index contributed by atoms with van der Waals surface area (Å²) in [6.07, 6.45) is 0. The molecule has 2 aromatic rings. The van der Waals surface area contributed by atoms with E-state index in [2.05, 4.69) is 14.8 Å². The highest BCUT2D eigenvalue weighted by Crippen LogP contribution is 2.16. The van der Waals surface area contributed by atoms with Crippen molar-refractivity contribution in [3.05, 3.63) is 59.4 Å². The number of rotatable bonds is 7. The first-order chi connectivity index (χ1) is 12.6. The van der Waals surface area contributed by atoms with E-state index in [4.69, 9.17) is 0 Å². The van der Waals surface area contributed by atoms with Gasteiger partial charge in [-0.05, 0) is 50.0 Å². The highest BCUT2D eigenvalue weighted by molar-refractivity contribution is 7.89. The molecular formula is C16H18FN3O5S2. The highest BCUT2D eigenvalue weighted by Gasteiger charge is 2.18. The fraction of sp³-hybridized carbons (Fsp3) is 0.188. The monoisotopic (exact) mass is 415 g/mol. The summed E-state index contributed by atoms with van der Waals surface area (Å²) >= 11 is 0. The van der Waals surface area contributed by atoms with E-state index in [0.29, 0.717) is 5.56 Å². The minimum absolute atomic E-state index is 0.0186. The smallest absolute Gasteiger partial charge is 0.254 e. The number of sulfonamides is 2. The standard InChI is InChI=1S/C16H18FN3O5S2/c1-18-26(22,23)12-5-3-4-11(8-12)10-20-16(21)14-9-13(6-7-15(14)17)27(24,25)19-2/h3-9,18-19H,10H2,1-2H3,(H,20,21). The van der Waals surface area contributed by atoms with Gasteiger partial charge in [0.05, 0.1) is 15.4 Å². The SMILES string of the molecule is CNS(=O)(=O)c1cccc(CNC(=O)c2cc(S(=O)(=O)NC)ccc2F)c1. The third-order valence-corrected chi connectivity index (χ3v) is 6.52. The van der Waals surface area contributed by atoms with Crippen LogP contribution in [0, 0.1) is 5.82 Å². The van der Waals surface area contributed by atoms with Gasteiger partial charge in [0.2, 0.25) is 20.0 Å². The predicted octanol–water partition coefficient (Wildman–Crippen LogP) is 0.572. The fourth-order valence-electron chi connectivity index (χ4n) is 2.18. The second-order valence-corrected chi connectivity index (χ2v) is 9.16. The second kappa shape index (κ2) is 8.13. The Morgan fingerprint density at radius 1 is 0.926 bits per heavy atom. The summed E-state index contributed by atoms with van der Waals surface area (Å²) in [4.78, 5) is 12.0. The van der Waals surface area contributed by atoms with Crippen LogP contribution >= 0.6 is 0 Å². The molecule has 0 saturated carbocycles. The van der Waals surface area contributed by atoms with E-state index in [1.807, 2.05) is 0 Å². The zero-order valence-corrected chi connectivity index (χ0v) is 16.1. The molecule has 0 fully saturated rings. The topological polar surface area (TPSA) is 121 Å². The van der Waals surface area contributed by atoms with Gasteiger partial charge in [0, 0.05) is 6.54 Å². The van der Waals surface area contributed by atoms with Crippen molar-refractivity contribution in [2.75, 3.05) is 14.1 Å². The minimum atomic E-state index is -3.83. The maximum atomic E-state index is 13.9. The number of nitrogens with one attached hydrogen (secondary N) is 3. The van der Waals surface area contributed by atoms with E-state index in [1.54, 1.807) is 6.07 Å². The van der Waals surface area contributed by atoms with E-state index < -0.39 is 37.3 Å². The zero-order chi connectivity index (χ0) is 20.2. The van der Waals surface area contributed by atoms with E-state index in [0.717, 1.165) is 18.2 Å². The maximum absolute atomic E-state index is 13.9. The van der Waals surface area contributed by atoms with Gasteiger partial charge in [0.25, 0.3) is 5.91 Å². The molecule has 0 radical (unpaired) electrons. The number of carbonyl (C=O) groups excluding carboxylic acids is 1. The number of carbonyl (C=O) groups is 1. The molecule has 0 unspecified atom stereocenters. The molecule has 3 N–H and O–H groups in total. The van der Waals surface area contributed by atoms with Crippen molar-refractivity contribution in [2.24, 2.45) is 0 Å². The Balaban J connectivity index is 2.22. The number of benzene rings is 2. The fourth-order valence-corrected chi connectivity index (χ4v) is 3.74. The molecule has 146 valence electrons. The van der Waals surface area contributed by atoms with Crippen molar-refractivity contribution in [2.45, 2.75) is 16.3 Å². The second-order valence-electron chi connectivity index (χ2n) is 5.39. The first kappa shape index (κ1) is 21.0. The largest absolute Gasteiger partial charge is 0.348 e. The summed E-state index contributed by atoms with van der Waals surface area (Å²) in [5.74, 6) is -1.71. The Bertz CT molecular complexity index is 1070. The lowest BCUT2D eigenvalue weighted by Gasteiger charge is -2.10. The van der Waals surface area contributed by atoms with Crippen molar-refractivity contribution in [1.29, 1.82) is 0 Å². The average Bonchev–Trinajstić information content (AvgIpc) is 2.66. The van der Waals surface area contributed by atoms with Crippen molar-refractivity contribution in [1.82, 2.24) is 14.8 Å². The third-order valence-electron chi connectivity index (χ3n) is 3.69. The third kappa shape index (κ3) is 4.89. The molecule has 0 bridgehead atoms. The Hall–Kier alpha value is -2.34. The van der Waals surface area contributed by atoms with Crippen LogP contribution in [0.4, 0.5) is 4.39 Å². The van der Waals surface area contributed by atoms with Gasteiger partial charge in [-0.2, -0.15) is 0 Å². The van der Waals surface area contributed by atoms with Crippen LogP contribution in [-0.4, -0.2) is 36.8 Å². The number of hydrogen-bond donors (Lipinski definition) is 3. The van der Waals surface area contributed by atoms with Crippen LogP contribution in [0.2, 0.25) is 0 Å². The van der Waals surface area contributed by atoms with Gasteiger partial charge < -0.3 is 5.32 Å². The van der Waals surface area contributed by atoms with Gasteiger partial charge in [-0.15, -0.1) is 0 Å². The Labute approximate surface area is 156 Å². The van der Waals surface area contributed by atoms with Crippen molar-refractivity contribution >= 4 is 26.0 Å². The Morgan fingerprint density at radius 2 is 1.52 bits per heavy atom. The quantitative estimate of drug-likeness (QED) is 0.611. The number of halogens is 1. The van der Waals surface area contributed by atoms with Gasteiger partial charge in [0.1, 0.15) is 5.82 Å². The predicted molar refractivity (Wildman–Crippen MR) is 96.5 cm³/mol. The normalized spacial score (nSPS) is 12.0. The van der Waals surface area contributed by atoms with Crippen LogP contribution in [0.5, 0.6) is 0 Å². The van der Waals surface area contributed by atoms with Gasteiger partial charge in [0.15, 0.2) is 0 Å². The van der Waals surface area contributed by atoms with E-state index >= 15 is 0 Å². The molecule has 1 amide bonds. The molecule has 0 heterocycles. The molecule has 0 atom stereocenters. The molecule has 11 heteroatoms. The Morgan fingerprint density at radius 3 is 2.11 bits per heavy atom. The average molecular weight is 415 g/mol. The van der Waals surface area contributed by atoms with Crippen LogP contribution in [-0.2, 0) is 26.6 Å². The maximum Gasteiger partial charge on any atom is 0.254 e. The molecule has 27 heavy (non-hydrogen) atoms. The molecule has 0 saturated heterocycles. The molecular weight excluding hydrogens is 397 g/mol. The van der Waals surface area contributed by atoms with Crippen LogP contribution in [0.3, 0.4) is 0 Å². The van der Waals surface area contributed by atoms with E-state index in [9.17, 15) is 26.0 Å². The van der Waals surface area contributed by atoms with Crippen molar-refractivity contribution in [3.63, 3.8) is 0 Å². The number of hydrogen-bond acceptors (Lipinski definition) is 5. The van der Waals surface area contributed by atoms with E-state index in [-0.39, 0.29) is 16.3 Å². The molecule has 2 aromatic carbocycles.